The smallest absolute Gasteiger partial charge is 0.325 e. The van der Waals surface area contributed by atoms with Gasteiger partial charge in [0.1, 0.15) is 5.76 Å². The van der Waals surface area contributed by atoms with Crippen LogP contribution in [0, 0.1) is 23.0 Å². The van der Waals surface area contributed by atoms with Crippen LogP contribution in [-0.4, -0.2) is 55.6 Å². The molecule has 4 heterocycles. The van der Waals surface area contributed by atoms with Crippen molar-refractivity contribution in [2.24, 2.45) is 10.8 Å². The molecule has 0 saturated carbocycles. The third-order valence-corrected chi connectivity index (χ3v) is 28.3. The fourth-order valence-corrected chi connectivity index (χ4v) is 19.7. The Balaban J connectivity index is 0.000000171. The van der Waals surface area contributed by atoms with Crippen LogP contribution in [0.5, 0.6) is 0 Å². The number of carbonyl (C=O) groups excluding carboxylic acids is 1. The number of aliphatic hydroxyl groups excluding tert-OH is 1. The molecule has 20 rings (SSSR count). The number of pyridine rings is 2. The molecule has 12 aromatic carbocycles. The predicted octanol–water partition coefficient (Wildman–Crippen LogP) is 31.3. The molecule has 4 aliphatic rings. The number of nitrogens with zero attached hydrogens (tertiary/aromatic N) is 8. The van der Waals surface area contributed by atoms with Crippen LogP contribution in [-0.2, 0) is 83.5 Å². The number of allylic oxidation sites excluding steroid dienone is 2. The molecule has 0 unspecified atom stereocenters. The maximum absolute atomic E-state index is 9.60. The number of fused-ring (bicyclic) bond motifs is 14. The van der Waals surface area contributed by atoms with E-state index in [0.717, 1.165) is 77.4 Å². The number of ketones is 1. The summed E-state index contributed by atoms with van der Waals surface area (Å²) >= 11 is 0. The number of hydrogen-bond acceptors (Lipinski definition) is 9. The average molecular weight is 2130 g/mol. The second-order valence-electron chi connectivity index (χ2n) is 45.3. The van der Waals surface area contributed by atoms with Crippen molar-refractivity contribution in [2.75, 3.05) is 0 Å². The predicted molar refractivity (Wildman–Crippen MR) is 553 cm³/mol. The summed E-state index contributed by atoms with van der Waals surface area (Å²) in [6.07, 6.45) is 5.33. The molecule has 4 aromatic heterocycles. The molecule has 12 heteroatoms. The quantitative estimate of drug-likeness (QED) is 0.0646. The van der Waals surface area contributed by atoms with E-state index in [1.165, 1.54) is 117 Å². The van der Waals surface area contributed by atoms with Crippen molar-refractivity contribution in [3.63, 3.8) is 0 Å². The third-order valence-electron chi connectivity index (χ3n) is 28.3. The van der Waals surface area contributed by atoms with E-state index in [9.17, 15) is 9.90 Å². The Morgan fingerprint density at radius 3 is 0.815 bits per heavy atom. The molecule has 2 N–H and O–H groups in total. The van der Waals surface area contributed by atoms with Crippen molar-refractivity contribution >= 4 is 27.3 Å². The van der Waals surface area contributed by atoms with Gasteiger partial charge in [0.15, 0.2) is 34.9 Å². The van der Waals surface area contributed by atoms with E-state index in [2.05, 4.69) is 393 Å². The molecule has 686 valence electrons. The fourth-order valence-electron chi connectivity index (χ4n) is 19.7. The summed E-state index contributed by atoms with van der Waals surface area (Å²) in [5.41, 5.74) is 34.8. The van der Waals surface area contributed by atoms with Crippen molar-refractivity contribution in [1.82, 2.24) is 39.9 Å². The Hall–Kier alpha value is -12.0. The molecule has 0 fully saturated rings. The van der Waals surface area contributed by atoms with Gasteiger partial charge in [0, 0.05) is 102 Å². The van der Waals surface area contributed by atoms with Gasteiger partial charge >= 0.3 is 5.78 Å². The minimum absolute atomic E-state index is 0. The van der Waals surface area contributed by atoms with E-state index in [1.807, 2.05) is 53.9 Å². The van der Waals surface area contributed by atoms with Crippen LogP contribution in [0.3, 0.4) is 0 Å². The van der Waals surface area contributed by atoms with Gasteiger partial charge in [-0.05, 0) is 164 Å². The Bertz CT molecular complexity index is 6850. The first-order chi connectivity index (χ1) is 62.5. The minimum atomic E-state index is -0.306. The van der Waals surface area contributed by atoms with Gasteiger partial charge in [0.05, 0.1) is 11.5 Å². The number of rotatable bonds is 9. The van der Waals surface area contributed by atoms with Gasteiger partial charge in [-0.2, -0.15) is 0 Å². The van der Waals surface area contributed by atoms with E-state index >= 15 is 0 Å². The van der Waals surface area contributed by atoms with Crippen LogP contribution < -0.4 is 0 Å². The summed E-state index contributed by atoms with van der Waals surface area (Å²) in [5.74, 6) is 4.14. The Morgan fingerprint density at radius 1 is 0.281 bits per heavy atom. The summed E-state index contributed by atoms with van der Waals surface area (Å²) in [6, 6.07) is 95.6. The van der Waals surface area contributed by atoms with Crippen LogP contribution >= 0.6 is 0 Å². The van der Waals surface area contributed by atoms with E-state index in [0.29, 0.717) is 34.9 Å². The molecule has 0 aliphatic heterocycles. The topological polar surface area (TPSA) is 145 Å². The number of aliphatic hydroxyl groups is 1. The van der Waals surface area contributed by atoms with Crippen LogP contribution in [0.15, 0.2) is 267 Å². The van der Waals surface area contributed by atoms with Crippen molar-refractivity contribution < 1.29 is 50.1 Å². The SMILES string of the molecule is CC(C)(C)C(=[OH+])C=C(O)C(C)(C)C.CC(C)(C)c1ccc(-c2nc(-c3ccc(C(C)(C)C)cc3)nc(-c3cnc(-c4[c-]cc5c(c4)C(C)(C)c4cc6c(cc4-5)C(C)(C)c4ccccc4-6)c4ccccc34)n2)cc1.CC(C)(C)c1ccc(-c2nc(-c3ccc(C(C)(C)C)cc3)nc(-c3cnc(-c4[c-]cc5c(c4)C(C)(C)c4cc6c(cc4-5)C(C)(C)c4ccccc4-6)c4ccccc34)n2)cc1.[Ir].[Ir]. The van der Waals surface area contributed by atoms with Gasteiger partial charge in [-0.25, -0.2) is 29.9 Å². The molecule has 10 nitrogen and oxygen atoms in total. The van der Waals surface area contributed by atoms with Crippen LogP contribution in [0.1, 0.15) is 247 Å². The van der Waals surface area contributed by atoms with Gasteiger partial charge in [-0.15, -0.1) is 58.7 Å². The summed E-state index contributed by atoms with van der Waals surface area (Å²) in [4.78, 5) is 50.9. The summed E-state index contributed by atoms with van der Waals surface area (Å²) < 4.78 is 0. The van der Waals surface area contributed by atoms with Crippen LogP contribution in [0.25, 0.3) is 157 Å². The summed E-state index contributed by atoms with van der Waals surface area (Å²) in [7, 11) is 0. The molecule has 0 spiro atoms. The molecular formula is C123H123Ir2N8O2-. The zero-order chi connectivity index (χ0) is 94.7. The minimum Gasteiger partial charge on any atom is -0.511 e. The molecule has 0 saturated heterocycles. The Kier molecular flexibility index (Phi) is 24.7. The maximum Gasteiger partial charge on any atom is 0.325 e. The van der Waals surface area contributed by atoms with Gasteiger partial charge in [-0.3, -0.25) is 4.79 Å². The normalized spacial score (nSPS) is 14.5. The molecule has 0 atom stereocenters. The van der Waals surface area contributed by atoms with Crippen molar-refractivity contribution in [1.29, 1.82) is 0 Å². The molecule has 135 heavy (non-hydrogen) atoms. The molecule has 2 radical (unpaired) electrons. The fraction of sp³-hybridized carbons (Fsp3) is 0.293. The van der Waals surface area contributed by atoms with Crippen molar-refractivity contribution in [3.05, 3.63) is 346 Å². The average Bonchev–Trinajstić information content (AvgIpc) is 1.54. The molecular weight excluding hydrogens is 2010 g/mol. The van der Waals surface area contributed by atoms with Gasteiger partial charge in [-0.1, -0.05) is 400 Å². The van der Waals surface area contributed by atoms with E-state index < -0.39 is 0 Å². The third kappa shape index (κ3) is 17.6. The summed E-state index contributed by atoms with van der Waals surface area (Å²) in [6.45, 7) is 57.0. The molecule has 0 bridgehead atoms. The zero-order valence-corrected chi connectivity index (χ0v) is 87.8. The van der Waals surface area contributed by atoms with E-state index in [1.54, 1.807) is 0 Å². The van der Waals surface area contributed by atoms with Crippen LogP contribution in [0.4, 0.5) is 0 Å². The molecule has 16 aromatic rings. The number of hydrogen-bond donors (Lipinski definition) is 1. The van der Waals surface area contributed by atoms with Gasteiger partial charge < -0.3 is 15.1 Å². The van der Waals surface area contributed by atoms with Gasteiger partial charge in [0.25, 0.3) is 0 Å². The summed E-state index contributed by atoms with van der Waals surface area (Å²) in [5, 5.41) is 13.7. The Labute approximate surface area is 826 Å². The second kappa shape index (κ2) is 34.7. The second-order valence-corrected chi connectivity index (χ2v) is 45.3. The number of aromatic nitrogens is 8. The standard InChI is InChI=1S/2C56H51N4.C11H20O2.2Ir/c2*1-53(2,3)36-24-19-33(20-25-36)50-58-51(34-21-26-37(27-22-34)54(4,5)6)60-52(59-50)44-32-57-49(41-17-12-11-15-38(41)44)35-23-28-40-43-31-47-42(30-48(43)56(9,10)46(40)29-35)39-16-13-14-18-45(39)55(47,7)8;1-10(2,3)8(12)7-9(13)11(4,5)6;;/h2*11-22,24-32H,1-10H3;7,12H,1-6H3;;/q2*-1;;;/p+1. The maximum atomic E-state index is 9.60. The van der Waals surface area contributed by atoms with Crippen LogP contribution in [0.2, 0.25) is 0 Å². The Morgan fingerprint density at radius 2 is 0.533 bits per heavy atom. The van der Waals surface area contributed by atoms with E-state index in [-0.39, 0.29) is 106 Å². The molecule has 4 aliphatic carbocycles. The molecule has 0 amide bonds. The largest absolute Gasteiger partial charge is 0.511 e. The first kappa shape index (κ1) is 96.1. The number of benzene rings is 12. The first-order valence-corrected chi connectivity index (χ1v) is 47.0. The first-order valence-electron chi connectivity index (χ1n) is 47.0. The van der Waals surface area contributed by atoms with Gasteiger partial charge in [0.2, 0.25) is 0 Å². The monoisotopic (exact) mass is 2130 g/mol. The van der Waals surface area contributed by atoms with Crippen molar-refractivity contribution in [2.45, 2.75) is 223 Å². The van der Waals surface area contributed by atoms with E-state index in [4.69, 9.17) is 39.9 Å². The zero-order valence-electron chi connectivity index (χ0n) is 83.0. The van der Waals surface area contributed by atoms with Crippen molar-refractivity contribution in [3.8, 4) is 135 Å².